The molecule has 16 heavy (non-hydrogen) atoms. The molecule has 0 amide bonds. The van der Waals surface area contributed by atoms with Crippen molar-refractivity contribution >= 4 is 29.1 Å². The largest absolute Gasteiger partial charge is 0.360 e. The lowest BCUT2D eigenvalue weighted by Gasteiger charge is -2.40. The van der Waals surface area contributed by atoms with Gasteiger partial charge in [0.05, 0.1) is 0 Å². The van der Waals surface area contributed by atoms with Crippen LogP contribution in [0.25, 0.3) is 0 Å². The Hall–Kier alpha value is 0.0400. The summed E-state index contributed by atoms with van der Waals surface area (Å²) < 4.78 is 0. The van der Waals surface area contributed by atoms with Crippen molar-refractivity contribution in [1.29, 1.82) is 0 Å². The van der Waals surface area contributed by atoms with E-state index in [4.69, 9.17) is 12.2 Å². The quantitative estimate of drug-likeness (QED) is 0.727. The maximum absolute atomic E-state index is 5.55. The van der Waals surface area contributed by atoms with Crippen LogP contribution < -0.4 is 5.32 Å². The fraction of sp³-hybridized carbons (Fsp3) is 0.917. The molecule has 0 aromatic carbocycles. The second kappa shape index (κ2) is 5.58. The van der Waals surface area contributed by atoms with Crippen LogP contribution >= 0.6 is 24.0 Å². The van der Waals surface area contributed by atoms with Gasteiger partial charge in [0.2, 0.25) is 0 Å². The molecule has 2 aliphatic rings. The predicted molar refractivity (Wildman–Crippen MR) is 76.1 cm³/mol. The normalized spacial score (nSPS) is 31.8. The summed E-state index contributed by atoms with van der Waals surface area (Å²) in [7, 11) is 0. The summed E-state index contributed by atoms with van der Waals surface area (Å²) in [5.74, 6) is 1.21. The molecular weight excluding hydrogens is 236 g/mol. The van der Waals surface area contributed by atoms with E-state index in [2.05, 4.69) is 35.8 Å². The van der Waals surface area contributed by atoms with Crippen LogP contribution in [0.15, 0.2) is 0 Å². The number of rotatable bonds is 1. The number of hydrogen-bond acceptors (Lipinski definition) is 2. The molecule has 1 N–H and O–H groups in total. The molecule has 4 heteroatoms. The first-order chi connectivity index (χ1) is 7.68. The summed E-state index contributed by atoms with van der Waals surface area (Å²) in [5, 5.41) is 5.23. The van der Waals surface area contributed by atoms with Crippen molar-refractivity contribution in [3.63, 3.8) is 0 Å². The Balaban J connectivity index is 1.87. The molecule has 2 nitrogen and oxygen atoms in total. The fourth-order valence-corrected chi connectivity index (χ4v) is 4.07. The Morgan fingerprint density at radius 1 is 1.31 bits per heavy atom. The van der Waals surface area contributed by atoms with Gasteiger partial charge >= 0.3 is 0 Å². The Morgan fingerprint density at radius 3 is 2.69 bits per heavy atom. The van der Waals surface area contributed by atoms with Crippen molar-refractivity contribution in [2.24, 2.45) is 0 Å². The molecule has 0 aromatic rings. The first-order valence-corrected chi connectivity index (χ1v) is 7.83. The highest BCUT2D eigenvalue weighted by atomic mass is 32.2. The predicted octanol–water partition coefficient (Wildman–Crippen LogP) is 2.63. The molecule has 1 saturated heterocycles. The molecule has 1 heterocycles. The molecule has 2 rings (SSSR count). The average Bonchev–Trinajstić information content (AvgIpc) is 2.74. The van der Waals surface area contributed by atoms with E-state index in [0.717, 1.165) is 11.7 Å². The lowest BCUT2D eigenvalue weighted by Crippen LogP contribution is -2.53. The van der Waals surface area contributed by atoms with Gasteiger partial charge < -0.3 is 10.2 Å². The van der Waals surface area contributed by atoms with E-state index < -0.39 is 0 Å². The summed E-state index contributed by atoms with van der Waals surface area (Å²) in [5.41, 5.74) is 0. The fourth-order valence-electron chi connectivity index (χ4n) is 2.55. The van der Waals surface area contributed by atoms with Gasteiger partial charge in [-0.2, -0.15) is 11.8 Å². The zero-order valence-corrected chi connectivity index (χ0v) is 11.9. The van der Waals surface area contributed by atoms with Gasteiger partial charge in [0.1, 0.15) is 0 Å². The SMILES string of the molecule is CC1SCCN(C(=S)NC2CCCC2)C1C. The van der Waals surface area contributed by atoms with Gasteiger partial charge in [-0.25, -0.2) is 0 Å². The summed E-state index contributed by atoms with van der Waals surface area (Å²) >= 11 is 7.61. The highest BCUT2D eigenvalue weighted by molar-refractivity contribution is 8.00. The third-order valence-electron chi connectivity index (χ3n) is 3.83. The first kappa shape index (κ1) is 12.5. The minimum atomic E-state index is 0.570. The zero-order chi connectivity index (χ0) is 11.5. The van der Waals surface area contributed by atoms with Crippen LogP contribution in [-0.2, 0) is 0 Å². The second-order valence-corrected chi connectivity index (χ2v) is 6.81. The highest BCUT2D eigenvalue weighted by Crippen LogP contribution is 2.25. The van der Waals surface area contributed by atoms with E-state index in [-0.39, 0.29) is 0 Å². The summed E-state index contributed by atoms with van der Waals surface area (Å²) in [6, 6.07) is 1.21. The number of thioether (sulfide) groups is 1. The van der Waals surface area contributed by atoms with Gasteiger partial charge in [-0.15, -0.1) is 0 Å². The summed E-state index contributed by atoms with van der Waals surface area (Å²) in [4.78, 5) is 2.38. The van der Waals surface area contributed by atoms with Crippen molar-refractivity contribution in [1.82, 2.24) is 10.2 Å². The van der Waals surface area contributed by atoms with Crippen molar-refractivity contribution in [2.75, 3.05) is 12.3 Å². The van der Waals surface area contributed by atoms with E-state index in [1.54, 1.807) is 0 Å². The van der Waals surface area contributed by atoms with E-state index in [1.807, 2.05) is 0 Å². The molecule has 1 aliphatic carbocycles. The van der Waals surface area contributed by atoms with Crippen LogP contribution in [0.3, 0.4) is 0 Å². The molecule has 2 atom stereocenters. The van der Waals surface area contributed by atoms with Crippen molar-refractivity contribution in [3.05, 3.63) is 0 Å². The van der Waals surface area contributed by atoms with Crippen LogP contribution in [-0.4, -0.2) is 39.6 Å². The molecule has 0 spiro atoms. The Kier molecular flexibility index (Phi) is 4.36. The maximum atomic E-state index is 5.55. The summed E-state index contributed by atoms with van der Waals surface area (Å²) in [6.45, 7) is 5.70. The standard InChI is InChI=1S/C12H22N2S2/c1-9-10(2)16-8-7-14(9)12(15)13-11-5-3-4-6-11/h9-11H,3-8H2,1-2H3,(H,13,15). The van der Waals surface area contributed by atoms with Gasteiger partial charge in [0.25, 0.3) is 0 Å². The van der Waals surface area contributed by atoms with E-state index in [9.17, 15) is 0 Å². The molecule has 0 aromatic heterocycles. The number of nitrogens with zero attached hydrogens (tertiary/aromatic N) is 1. The first-order valence-electron chi connectivity index (χ1n) is 6.37. The maximum Gasteiger partial charge on any atom is 0.169 e. The van der Waals surface area contributed by atoms with Gasteiger partial charge in [0.15, 0.2) is 5.11 Å². The third kappa shape index (κ3) is 2.83. The minimum absolute atomic E-state index is 0.570. The number of thiocarbonyl (C=S) groups is 1. The van der Waals surface area contributed by atoms with Crippen LogP contribution in [0.2, 0.25) is 0 Å². The Bertz CT molecular complexity index is 251. The lowest BCUT2D eigenvalue weighted by atomic mass is 10.2. The zero-order valence-electron chi connectivity index (χ0n) is 10.2. The summed E-state index contributed by atoms with van der Waals surface area (Å²) in [6.07, 6.45) is 5.32. The van der Waals surface area contributed by atoms with Crippen molar-refractivity contribution < 1.29 is 0 Å². The molecule has 1 aliphatic heterocycles. The number of hydrogen-bond donors (Lipinski definition) is 1. The number of nitrogens with one attached hydrogen (secondary N) is 1. The lowest BCUT2D eigenvalue weighted by molar-refractivity contribution is 0.325. The Labute approximate surface area is 109 Å². The van der Waals surface area contributed by atoms with Crippen molar-refractivity contribution in [3.8, 4) is 0 Å². The van der Waals surface area contributed by atoms with E-state index in [1.165, 1.54) is 31.4 Å². The van der Waals surface area contributed by atoms with Gasteiger partial charge in [0, 0.05) is 29.6 Å². The van der Waals surface area contributed by atoms with Crippen LogP contribution in [0.1, 0.15) is 39.5 Å². The molecule has 2 fully saturated rings. The van der Waals surface area contributed by atoms with Gasteiger partial charge in [-0.3, -0.25) is 0 Å². The van der Waals surface area contributed by atoms with E-state index >= 15 is 0 Å². The van der Waals surface area contributed by atoms with Gasteiger partial charge in [-0.05, 0) is 32.0 Å². The molecule has 1 saturated carbocycles. The topological polar surface area (TPSA) is 15.3 Å². The van der Waals surface area contributed by atoms with Crippen LogP contribution in [0.5, 0.6) is 0 Å². The minimum Gasteiger partial charge on any atom is -0.360 e. The average molecular weight is 258 g/mol. The monoisotopic (exact) mass is 258 g/mol. The molecule has 92 valence electrons. The molecule has 2 unspecified atom stereocenters. The third-order valence-corrected chi connectivity index (χ3v) is 5.52. The van der Waals surface area contributed by atoms with Crippen LogP contribution in [0, 0.1) is 0 Å². The van der Waals surface area contributed by atoms with Crippen molar-refractivity contribution in [2.45, 2.75) is 56.9 Å². The molecular formula is C12H22N2S2. The van der Waals surface area contributed by atoms with Gasteiger partial charge in [-0.1, -0.05) is 19.8 Å². The second-order valence-electron chi connectivity index (χ2n) is 4.94. The van der Waals surface area contributed by atoms with E-state index in [0.29, 0.717) is 17.3 Å². The smallest absolute Gasteiger partial charge is 0.169 e. The Morgan fingerprint density at radius 2 is 2.00 bits per heavy atom. The van der Waals surface area contributed by atoms with Crippen LogP contribution in [0.4, 0.5) is 0 Å². The highest BCUT2D eigenvalue weighted by Gasteiger charge is 2.28. The molecule has 0 bridgehead atoms. The molecule has 0 radical (unpaired) electrons.